The molecule has 0 aliphatic rings. The van der Waals surface area contributed by atoms with E-state index in [9.17, 15) is 0 Å². The summed E-state index contributed by atoms with van der Waals surface area (Å²) in [7, 11) is 0. The third kappa shape index (κ3) is 2.50. The SMILES string of the molecule is Cc1ccc(C#N)c(N(CC#N)CC#N)c1. The lowest BCUT2D eigenvalue weighted by Crippen LogP contribution is -2.24. The molecule has 0 radical (unpaired) electrons. The molecule has 0 amide bonds. The number of aryl methyl sites for hydroxylation is 1. The van der Waals surface area contributed by atoms with Crippen LogP contribution in [0.5, 0.6) is 0 Å². The van der Waals surface area contributed by atoms with E-state index >= 15 is 0 Å². The largest absolute Gasteiger partial charge is 0.344 e. The third-order valence-electron chi connectivity index (χ3n) is 2.14. The molecule has 1 aromatic carbocycles. The van der Waals surface area contributed by atoms with Crippen LogP contribution in [-0.4, -0.2) is 13.1 Å². The van der Waals surface area contributed by atoms with Gasteiger partial charge >= 0.3 is 0 Å². The first-order chi connectivity index (χ1) is 7.72. The van der Waals surface area contributed by atoms with Crippen molar-refractivity contribution in [2.75, 3.05) is 18.0 Å². The molecule has 0 unspecified atom stereocenters. The molecule has 16 heavy (non-hydrogen) atoms. The third-order valence-corrected chi connectivity index (χ3v) is 2.14. The van der Waals surface area contributed by atoms with Crippen molar-refractivity contribution < 1.29 is 0 Å². The molecule has 1 aromatic rings. The zero-order valence-corrected chi connectivity index (χ0v) is 8.94. The van der Waals surface area contributed by atoms with Gasteiger partial charge in [-0.25, -0.2) is 0 Å². The molecule has 0 atom stereocenters. The van der Waals surface area contributed by atoms with Crippen molar-refractivity contribution in [3.05, 3.63) is 29.3 Å². The van der Waals surface area contributed by atoms with Gasteiger partial charge in [0.2, 0.25) is 0 Å². The number of hydrogen-bond acceptors (Lipinski definition) is 4. The molecule has 0 N–H and O–H groups in total. The van der Waals surface area contributed by atoms with Gasteiger partial charge in [0.15, 0.2) is 0 Å². The van der Waals surface area contributed by atoms with E-state index < -0.39 is 0 Å². The fourth-order valence-corrected chi connectivity index (χ4v) is 1.39. The Balaban J connectivity index is 3.18. The number of anilines is 1. The van der Waals surface area contributed by atoms with Gasteiger partial charge in [-0.15, -0.1) is 0 Å². The van der Waals surface area contributed by atoms with E-state index in [4.69, 9.17) is 15.8 Å². The summed E-state index contributed by atoms with van der Waals surface area (Å²) in [5.74, 6) is 0. The first-order valence-electron chi connectivity index (χ1n) is 4.72. The molecular formula is C12H10N4. The predicted octanol–water partition coefficient (Wildman–Crippen LogP) is 1.72. The Hall–Kier alpha value is -2.51. The summed E-state index contributed by atoms with van der Waals surface area (Å²) >= 11 is 0. The average Bonchev–Trinajstić information content (AvgIpc) is 2.29. The standard InChI is InChI=1S/C12H10N4/c1-10-2-3-11(9-15)12(8-10)16(6-4-13)7-5-14/h2-3,8H,6-7H2,1H3. The van der Waals surface area contributed by atoms with Crippen LogP contribution in [0.25, 0.3) is 0 Å². The van der Waals surface area contributed by atoms with Crippen molar-refractivity contribution in [3.8, 4) is 18.2 Å². The molecule has 0 fully saturated rings. The molecule has 4 nitrogen and oxygen atoms in total. The molecule has 0 saturated carbocycles. The number of rotatable bonds is 3. The van der Waals surface area contributed by atoms with Crippen LogP contribution in [0.3, 0.4) is 0 Å². The van der Waals surface area contributed by atoms with E-state index in [1.165, 1.54) is 0 Å². The number of nitriles is 3. The highest BCUT2D eigenvalue weighted by molar-refractivity contribution is 5.61. The lowest BCUT2D eigenvalue weighted by atomic mass is 10.1. The molecular weight excluding hydrogens is 200 g/mol. The second-order valence-corrected chi connectivity index (χ2v) is 3.30. The summed E-state index contributed by atoms with van der Waals surface area (Å²) in [5.41, 5.74) is 2.12. The second-order valence-electron chi connectivity index (χ2n) is 3.30. The Morgan fingerprint density at radius 1 is 1.12 bits per heavy atom. The summed E-state index contributed by atoms with van der Waals surface area (Å²) in [5, 5.41) is 26.3. The first-order valence-corrected chi connectivity index (χ1v) is 4.72. The van der Waals surface area contributed by atoms with Crippen LogP contribution >= 0.6 is 0 Å². The molecule has 4 heteroatoms. The van der Waals surface area contributed by atoms with Crippen LogP contribution in [0.1, 0.15) is 11.1 Å². The zero-order chi connectivity index (χ0) is 12.0. The van der Waals surface area contributed by atoms with Gasteiger partial charge in [-0.2, -0.15) is 15.8 Å². The van der Waals surface area contributed by atoms with Crippen LogP contribution in [-0.2, 0) is 0 Å². The quantitative estimate of drug-likeness (QED) is 0.712. The molecule has 0 aliphatic carbocycles. The van der Waals surface area contributed by atoms with Crippen molar-refractivity contribution in [2.24, 2.45) is 0 Å². The van der Waals surface area contributed by atoms with Crippen molar-refractivity contribution in [3.63, 3.8) is 0 Å². The van der Waals surface area contributed by atoms with Crippen molar-refractivity contribution >= 4 is 5.69 Å². The Kier molecular flexibility index (Phi) is 3.90. The summed E-state index contributed by atoms with van der Waals surface area (Å²) in [4.78, 5) is 1.59. The van der Waals surface area contributed by atoms with Crippen molar-refractivity contribution in [2.45, 2.75) is 6.92 Å². The second kappa shape index (κ2) is 5.39. The van der Waals surface area contributed by atoms with E-state index in [-0.39, 0.29) is 13.1 Å². The van der Waals surface area contributed by atoms with Gasteiger partial charge in [0.25, 0.3) is 0 Å². The van der Waals surface area contributed by atoms with Crippen LogP contribution in [0, 0.1) is 40.9 Å². The summed E-state index contributed by atoms with van der Waals surface area (Å²) in [6.45, 7) is 2.11. The van der Waals surface area contributed by atoms with Gasteiger partial charge in [0.05, 0.1) is 23.4 Å². The van der Waals surface area contributed by atoms with Crippen molar-refractivity contribution in [1.29, 1.82) is 15.8 Å². The van der Waals surface area contributed by atoms with Gasteiger partial charge in [-0.1, -0.05) is 6.07 Å². The fraction of sp³-hybridized carbons (Fsp3) is 0.250. The van der Waals surface area contributed by atoms with Gasteiger partial charge < -0.3 is 4.90 Å². The molecule has 78 valence electrons. The maximum Gasteiger partial charge on any atom is 0.107 e. The average molecular weight is 210 g/mol. The van der Waals surface area contributed by atoms with Crippen LogP contribution < -0.4 is 4.90 Å². The smallest absolute Gasteiger partial charge is 0.107 e. The summed E-state index contributed by atoms with van der Waals surface area (Å²) in [6.07, 6.45) is 0. The maximum atomic E-state index is 8.95. The predicted molar refractivity (Wildman–Crippen MR) is 59.3 cm³/mol. The lowest BCUT2D eigenvalue weighted by molar-refractivity contribution is 0.962. The van der Waals surface area contributed by atoms with Gasteiger partial charge in [0.1, 0.15) is 19.2 Å². The monoisotopic (exact) mass is 210 g/mol. The minimum absolute atomic E-state index is 0.103. The molecule has 1 rings (SSSR count). The first kappa shape index (κ1) is 11.6. The summed E-state index contributed by atoms with van der Waals surface area (Å²) in [6, 6.07) is 11.4. The number of nitrogens with zero attached hydrogens (tertiary/aromatic N) is 4. The molecule has 0 aromatic heterocycles. The molecule has 0 saturated heterocycles. The van der Waals surface area contributed by atoms with E-state index in [2.05, 4.69) is 6.07 Å². The topological polar surface area (TPSA) is 74.6 Å². The highest BCUT2D eigenvalue weighted by Crippen LogP contribution is 2.21. The Morgan fingerprint density at radius 2 is 1.75 bits per heavy atom. The van der Waals surface area contributed by atoms with Crippen LogP contribution in [0.2, 0.25) is 0 Å². The maximum absolute atomic E-state index is 8.95. The molecule has 0 spiro atoms. The van der Waals surface area contributed by atoms with E-state index in [1.807, 2.05) is 31.2 Å². The van der Waals surface area contributed by atoms with Crippen LogP contribution in [0.15, 0.2) is 18.2 Å². The minimum Gasteiger partial charge on any atom is -0.344 e. The van der Waals surface area contributed by atoms with Crippen LogP contribution in [0.4, 0.5) is 5.69 Å². The normalized spacial score (nSPS) is 8.62. The van der Waals surface area contributed by atoms with Gasteiger partial charge in [-0.3, -0.25) is 0 Å². The molecule has 0 aliphatic heterocycles. The Labute approximate surface area is 94.6 Å². The highest BCUT2D eigenvalue weighted by atomic mass is 15.1. The molecule has 0 heterocycles. The highest BCUT2D eigenvalue weighted by Gasteiger charge is 2.10. The van der Waals surface area contributed by atoms with E-state index in [0.29, 0.717) is 11.3 Å². The van der Waals surface area contributed by atoms with E-state index in [1.54, 1.807) is 11.0 Å². The Morgan fingerprint density at radius 3 is 2.25 bits per heavy atom. The Bertz CT molecular complexity index is 483. The zero-order valence-electron chi connectivity index (χ0n) is 8.94. The molecule has 0 bridgehead atoms. The fourth-order valence-electron chi connectivity index (χ4n) is 1.39. The van der Waals surface area contributed by atoms with Crippen molar-refractivity contribution in [1.82, 2.24) is 0 Å². The van der Waals surface area contributed by atoms with Gasteiger partial charge in [-0.05, 0) is 24.6 Å². The minimum atomic E-state index is 0.103. The number of hydrogen-bond donors (Lipinski definition) is 0. The number of benzene rings is 1. The van der Waals surface area contributed by atoms with E-state index in [0.717, 1.165) is 5.56 Å². The summed E-state index contributed by atoms with van der Waals surface area (Å²) < 4.78 is 0. The van der Waals surface area contributed by atoms with Gasteiger partial charge in [0, 0.05) is 0 Å². The lowest BCUT2D eigenvalue weighted by Gasteiger charge is -2.19.